The summed E-state index contributed by atoms with van der Waals surface area (Å²) in [6.45, 7) is 12.4. The lowest BCUT2D eigenvalue weighted by Crippen LogP contribution is -2.53. The molecule has 0 aromatic carbocycles. The van der Waals surface area contributed by atoms with Gasteiger partial charge in [-0.15, -0.1) is 0 Å². The molecule has 6 nitrogen and oxygen atoms in total. The van der Waals surface area contributed by atoms with Crippen LogP contribution in [0.15, 0.2) is 12.7 Å². The Kier molecular flexibility index (Phi) is 5.75. The molecule has 0 saturated carbocycles. The molecule has 2 heterocycles. The fourth-order valence-corrected chi connectivity index (χ4v) is 2.52. The highest BCUT2D eigenvalue weighted by molar-refractivity contribution is 4.79. The summed E-state index contributed by atoms with van der Waals surface area (Å²) < 4.78 is 7.33. The number of ether oxygens (including phenoxy) is 1. The molecule has 1 atom stereocenters. The normalized spacial score (nSPS) is 21.9. The molecule has 1 aliphatic heterocycles. The van der Waals surface area contributed by atoms with Gasteiger partial charge in [-0.2, -0.15) is 5.10 Å². The third kappa shape index (κ3) is 4.56. The van der Waals surface area contributed by atoms with Gasteiger partial charge in [0.25, 0.3) is 0 Å². The van der Waals surface area contributed by atoms with Crippen LogP contribution in [0.1, 0.15) is 13.8 Å². The minimum atomic E-state index is 0.602. The lowest BCUT2D eigenvalue weighted by Gasteiger charge is -2.39. The van der Waals surface area contributed by atoms with E-state index in [1.165, 1.54) is 0 Å². The van der Waals surface area contributed by atoms with Crippen molar-refractivity contribution in [1.82, 2.24) is 24.6 Å². The van der Waals surface area contributed by atoms with Gasteiger partial charge in [0.15, 0.2) is 0 Å². The number of piperazine rings is 1. The van der Waals surface area contributed by atoms with E-state index in [0.717, 1.165) is 52.5 Å². The van der Waals surface area contributed by atoms with Gasteiger partial charge in [0, 0.05) is 45.4 Å². The fraction of sp³-hybridized carbons (Fsp3) is 0.846. The molecule has 1 saturated heterocycles. The molecule has 19 heavy (non-hydrogen) atoms. The Morgan fingerprint density at radius 2 is 2.16 bits per heavy atom. The zero-order chi connectivity index (χ0) is 13.5. The summed E-state index contributed by atoms with van der Waals surface area (Å²) in [4.78, 5) is 8.98. The van der Waals surface area contributed by atoms with Crippen molar-refractivity contribution >= 4 is 0 Å². The van der Waals surface area contributed by atoms with Crippen LogP contribution in [0.25, 0.3) is 0 Å². The molecule has 1 aromatic rings. The van der Waals surface area contributed by atoms with Crippen LogP contribution < -0.4 is 0 Å². The smallest absolute Gasteiger partial charge is 0.137 e. The Morgan fingerprint density at radius 1 is 1.26 bits per heavy atom. The SMILES string of the molecule is CCOCCN1CCN(CCn2cncn2)C[C@@H]1C. The molecule has 108 valence electrons. The Morgan fingerprint density at radius 3 is 2.84 bits per heavy atom. The van der Waals surface area contributed by atoms with Crippen molar-refractivity contribution in [2.45, 2.75) is 26.4 Å². The van der Waals surface area contributed by atoms with E-state index in [9.17, 15) is 0 Å². The third-order valence-corrected chi connectivity index (χ3v) is 3.69. The summed E-state index contributed by atoms with van der Waals surface area (Å²) in [5.74, 6) is 0. The summed E-state index contributed by atoms with van der Waals surface area (Å²) in [5, 5.41) is 4.14. The fourth-order valence-electron chi connectivity index (χ4n) is 2.52. The summed E-state index contributed by atoms with van der Waals surface area (Å²) in [6.07, 6.45) is 3.37. The average Bonchev–Trinajstić information content (AvgIpc) is 2.92. The van der Waals surface area contributed by atoms with Crippen molar-refractivity contribution < 1.29 is 4.74 Å². The van der Waals surface area contributed by atoms with Crippen LogP contribution in [-0.2, 0) is 11.3 Å². The van der Waals surface area contributed by atoms with Gasteiger partial charge in [0.05, 0.1) is 13.2 Å². The van der Waals surface area contributed by atoms with Gasteiger partial charge in [-0.05, 0) is 13.8 Å². The molecule has 2 rings (SSSR count). The monoisotopic (exact) mass is 267 g/mol. The highest BCUT2D eigenvalue weighted by Gasteiger charge is 2.22. The Balaban J connectivity index is 1.67. The highest BCUT2D eigenvalue weighted by Crippen LogP contribution is 2.09. The van der Waals surface area contributed by atoms with E-state index in [4.69, 9.17) is 4.74 Å². The zero-order valence-electron chi connectivity index (χ0n) is 12.0. The molecule has 0 bridgehead atoms. The van der Waals surface area contributed by atoms with Crippen LogP contribution >= 0.6 is 0 Å². The van der Waals surface area contributed by atoms with Crippen LogP contribution in [0.5, 0.6) is 0 Å². The van der Waals surface area contributed by atoms with Crippen LogP contribution in [0.3, 0.4) is 0 Å². The maximum absolute atomic E-state index is 5.43. The summed E-state index contributed by atoms with van der Waals surface area (Å²) >= 11 is 0. The number of nitrogens with zero attached hydrogens (tertiary/aromatic N) is 5. The second-order valence-electron chi connectivity index (χ2n) is 5.04. The van der Waals surface area contributed by atoms with E-state index in [1.54, 1.807) is 12.7 Å². The second kappa shape index (κ2) is 7.57. The maximum Gasteiger partial charge on any atom is 0.137 e. The molecule has 0 N–H and O–H groups in total. The minimum absolute atomic E-state index is 0.602. The van der Waals surface area contributed by atoms with E-state index >= 15 is 0 Å². The topological polar surface area (TPSA) is 46.4 Å². The largest absolute Gasteiger partial charge is 0.380 e. The van der Waals surface area contributed by atoms with E-state index in [-0.39, 0.29) is 0 Å². The van der Waals surface area contributed by atoms with Gasteiger partial charge in [-0.1, -0.05) is 0 Å². The van der Waals surface area contributed by atoms with Crippen molar-refractivity contribution in [3.63, 3.8) is 0 Å². The second-order valence-corrected chi connectivity index (χ2v) is 5.04. The number of hydrogen-bond acceptors (Lipinski definition) is 5. The Bertz CT molecular complexity index is 343. The first kappa shape index (κ1) is 14.4. The molecule has 1 aromatic heterocycles. The standard InChI is InChI=1S/C13H25N5O/c1-3-19-9-8-17-6-4-16(10-13(17)2)5-7-18-12-14-11-15-18/h11-13H,3-10H2,1-2H3/t13-/m0/s1. The first-order valence-electron chi connectivity index (χ1n) is 7.16. The van der Waals surface area contributed by atoms with Crippen LogP contribution in [0.4, 0.5) is 0 Å². The van der Waals surface area contributed by atoms with Crippen LogP contribution in [-0.4, -0.2) is 76.5 Å². The summed E-state index contributed by atoms with van der Waals surface area (Å²) in [7, 11) is 0. The molecule has 1 fully saturated rings. The molecule has 0 amide bonds. The molecular formula is C13H25N5O. The first-order chi connectivity index (χ1) is 9.29. The van der Waals surface area contributed by atoms with Crippen LogP contribution in [0.2, 0.25) is 0 Å². The van der Waals surface area contributed by atoms with Crippen molar-refractivity contribution in [1.29, 1.82) is 0 Å². The molecule has 1 aliphatic rings. The predicted octanol–water partition coefficient (Wildman–Crippen LogP) is 0.321. The highest BCUT2D eigenvalue weighted by atomic mass is 16.5. The Hall–Kier alpha value is -0.980. The molecule has 0 aliphatic carbocycles. The molecule has 0 unspecified atom stereocenters. The molecule has 0 radical (unpaired) electrons. The molecular weight excluding hydrogens is 242 g/mol. The van der Waals surface area contributed by atoms with E-state index in [1.807, 2.05) is 11.6 Å². The zero-order valence-corrected chi connectivity index (χ0v) is 12.0. The average molecular weight is 267 g/mol. The molecule has 0 spiro atoms. The minimum Gasteiger partial charge on any atom is -0.380 e. The van der Waals surface area contributed by atoms with Gasteiger partial charge < -0.3 is 4.74 Å². The van der Waals surface area contributed by atoms with Gasteiger partial charge in [0.1, 0.15) is 12.7 Å². The predicted molar refractivity (Wildman–Crippen MR) is 74.0 cm³/mol. The lowest BCUT2D eigenvalue weighted by atomic mass is 10.2. The first-order valence-corrected chi connectivity index (χ1v) is 7.16. The maximum atomic E-state index is 5.43. The summed E-state index contributed by atoms with van der Waals surface area (Å²) in [6, 6.07) is 0.602. The van der Waals surface area contributed by atoms with E-state index in [0.29, 0.717) is 6.04 Å². The van der Waals surface area contributed by atoms with Gasteiger partial charge in [-0.3, -0.25) is 14.5 Å². The van der Waals surface area contributed by atoms with Crippen molar-refractivity contribution in [3.8, 4) is 0 Å². The van der Waals surface area contributed by atoms with Crippen molar-refractivity contribution in [2.75, 3.05) is 45.9 Å². The number of aromatic nitrogens is 3. The van der Waals surface area contributed by atoms with Crippen molar-refractivity contribution in [2.24, 2.45) is 0 Å². The number of rotatable bonds is 7. The van der Waals surface area contributed by atoms with Crippen molar-refractivity contribution in [3.05, 3.63) is 12.7 Å². The number of hydrogen-bond donors (Lipinski definition) is 0. The van der Waals surface area contributed by atoms with E-state index < -0.39 is 0 Å². The van der Waals surface area contributed by atoms with Gasteiger partial charge in [0.2, 0.25) is 0 Å². The van der Waals surface area contributed by atoms with Crippen LogP contribution in [0, 0.1) is 0 Å². The Labute approximate surface area is 115 Å². The van der Waals surface area contributed by atoms with Gasteiger partial charge >= 0.3 is 0 Å². The summed E-state index contributed by atoms with van der Waals surface area (Å²) in [5.41, 5.74) is 0. The third-order valence-electron chi connectivity index (χ3n) is 3.69. The molecule has 6 heteroatoms. The lowest BCUT2D eigenvalue weighted by molar-refractivity contribution is 0.0479. The van der Waals surface area contributed by atoms with E-state index in [2.05, 4.69) is 26.8 Å². The quantitative estimate of drug-likeness (QED) is 0.666. The van der Waals surface area contributed by atoms with Gasteiger partial charge in [-0.25, -0.2) is 4.98 Å².